The van der Waals surface area contributed by atoms with Crippen molar-refractivity contribution in [3.63, 3.8) is 0 Å². The number of carbonyl (C=O) groups is 1. The minimum absolute atomic E-state index is 0.134. The number of carboxylic acid groups (broad SMARTS) is 1. The Morgan fingerprint density at radius 2 is 2.28 bits per heavy atom. The summed E-state index contributed by atoms with van der Waals surface area (Å²) in [6.07, 6.45) is 2.68. The lowest BCUT2D eigenvalue weighted by Gasteiger charge is -2.17. The molecule has 3 heterocycles. The number of pyridine rings is 1. The smallest absolute Gasteiger partial charge is 0.355 e. The number of anilines is 1. The summed E-state index contributed by atoms with van der Waals surface area (Å²) in [5.74, 6) is -0.906. The molecule has 0 aliphatic carbocycles. The highest BCUT2D eigenvalue weighted by Gasteiger charge is 2.26. The molecule has 0 saturated carbocycles. The fourth-order valence-electron chi connectivity index (χ4n) is 2.57. The van der Waals surface area contributed by atoms with Crippen LogP contribution in [0.15, 0.2) is 30.5 Å². The third-order valence-electron chi connectivity index (χ3n) is 3.43. The van der Waals surface area contributed by atoms with Gasteiger partial charge in [-0.1, -0.05) is 6.07 Å². The molecular weight excluding hydrogens is 230 g/mol. The Labute approximate surface area is 104 Å². The Morgan fingerprint density at radius 1 is 1.44 bits per heavy atom. The molecule has 0 amide bonds. The standard InChI is InChI=1S/C13H15N3O2/c14-9-4-6-15(8-9)11-7-10-3-1-2-5-16(10)12(11)13(17)18/h1-3,5,7,9H,4,6,8,14H2,(H,17,18). The van der Waals surface area contributed by atoms with Crippen molar-refractivity contribution in [3.05, 3.63) is 36.2 Å². The van der Waals surface area contributed by atoms with Crippen LogP contribution in [0, 0.1) is 0 Å². The molecule has 1 atom stereocenters. The second kappa shape index (κ2) is 4.03. The molecule has 0 spiro atoms. The van der Waals surface area contributed by atoms with Gasteiger partial charge in [-0.15, -0.1) is 0 Å². The Kier molecular flexibility index (Phi) is 2.48. The summed E-state index contributed by atoms with van der Waals surface area (Å²) in [7, 11) is 0. The van der Waals surface area contributed by atoms with Crippen LogP contribution in [-0.4, -0.2) is 34.6 Å². The van der Waals surface area contributed by atoms with E-state index < -0.39 is 5.97 Å². The van der Waals surface area contributed by atoms with Crippen molar-refractivity contribution in [2.45, 2.75) is 12.5 Å². The van der Waals surface area contributed by atoms with Gasteiger partial charge in [0.15, 0.2) is 5.69 Å². The van der Waals surface area contributed by atoms with Gasteiger partial charge in [-0.25, -0.2) is 4.79 Å². The zero-order valence-corrected chi connectivity index (χ0v) is 9.91. The first kappa shape index (κ1) is 11.1. The van der Waals surface area contributed by atoms with E-state index in [1.165, 1.54) is 0 Å². The van der Waals surface area contributed by atoms with Gasteiger partial charge in [0.25, 0.3) is 0 Å². The quantitative estimate of drug-likeness (QED) is 0.833. The van der Waals surface area contributed by atoms with Crippen molar-refractivity contribution in [1.29, 1.82) is 0 Å². The third-order valence-corrected chi connectivity index (χ3v) is 3.43. The molecule has 18 heavy (non-hydrogen) atoms. The van der Waals surface area contributed by atoms with Gasteiger partial charge in [-0.05, 0) is 24.6 Å². The molecule has 0 radical (unpaired) electrons. The van der Waals surface area contributed by atoms with E-state index in [4.69, 9.17) is 5.73 Å². The van der Waals surface area contributed by atoms with E-state index in [1.807, 2.05) is 24.3 Å². The van der Waals surface area contributed by atoms with Crippen molar-refractivity contribution in [3.8, 4) is 0 Å². The summed E-state index contributed by atoms with van der Waals surface area (Å²) in [6, 6.07) is 7.70. The molecule has 1 unspecified atom stereocenters. The largest absolute Gasteiger partial charge is 0.476 e. The van der Waals surface area contributed by atoms with Gasteiger partial charge in [0.1, 0.15) is 0 Å². The molecule has 1 saturated heterocycles. The van der Waals surface area contributed by atoms with E-state index in [9.17, 15) is 9.90 Å². The Balaban J connectivity index is 2.16. The first-order valence-corrected chi connectivity index (χ1v) is 6.01. The monoisotopic (exact) mass is 245 g/mol. The SMILES string of the molecule is NC1CCN(c2cc3ccccn3c2C(=O)O)C1. The van der Waals surface area contributed by atoms with Crippen molar-refractivity contribution < 1.29 is 9.90 Å². The van der Waals surface area contributed by atoms with Crippen molar-refractivity contribution in [2.24, 2.45) is 5.73 Å². The molecule has 2 aromatic heterocycles. The van der Waals surface area contributed by atoms with Gasteiger partial charge in [0.05, 0.1) is 5.69 Å². The second-order valence-corrected chi connectivity index (χ2v) is 4.67. The van der Waals surface area contributed by atoms with Gasteiger partial charge in [0.2, 0.25) is 0 Å². The molecule has 3 N–H and O–H groups in total. The normalized spacial score (nSPS) is 19.6. The first-order valence-electron chi connectivity index (χ1n) is 6.01. The predicted octanol–water partition coefficient (Wildman–Crippen LogP) is 1.17. The van der Waals surface area contributed by atoms with Gasteiger partial charge < -0.3 is 20.1 Å². The fraction of sp³-hybridized carbons (Fsp3) is 0.308. The van der Waals surface area contributed by atoms with Gasteiger partial charge >= 0.3 is 5.97 Å². The highest BCUT2D eigenvalue weighted by atomic mass is 16.4. The summed E-state index contributed by atoms with van der Waals surface area (Å²) in [6.45, 7) is 1.54. The first-order chi connectivity index (χ1) is 8.66. The second-order valence-electron chi connectivity index (χ2n) is 4.67. The number of rotatable bonds is 2. The van der Waals surface area contributed by atoms with Gasteiger partial charge in [-0.2, -0.15) is 0 Å². The molecule has 94 valence electrons. The van der Waals surface area contributed by atoms with Crippen LogP contribution in [-0.2, 0) is 0 Å². The van der Waals surface area contributed by atoms with Crippen LogP contribution < -0.4 is 10.6 Å². The average Bonchev–Trinajstić information content (AvgIpc) is 2.91. The number of carboxylic acids is 1. The Bertz CT molecular complexity index is 605. The summed E-state index contributed by atoms with van der Waals surface area (Å²) in [4.78, 5) is 13.5. The third kappa shape index (κ3) is 1.64. The molecule has 3 rings (SSSR count). The number of aromatic nitrogens is 1. The summed E-state index contributed by atoms with van der Waals surface area (Å²) >= 11 is 0. The molecule has 0 bridgehead atoms. The minimum Gasteiger partial charge on any atom is -0.476 e. The van der Waals surface area contributed by atoms with E-state index >= 15 is 0 Å². The van der Waals surface area contributed by atoms with Crippen LogP contribution in [0.3, 0.4) is 0 Å². The molecule has 2 aromatic rings. The van der Waals surface area contributed by atoms with Crippen LogP contribution in [0.25, 0.3) is 5.52 Å². The molecule has 5 heteroatoms. The lowest BCUT2D eigenvalue weighted by molar-refractivity contribution is 0.0690. The van der Waals surface area contributed by atoms with Crippen LogP contribution in [0.2, 0.25) is 0 Å². The molecule has 0 aromatic carbocycles. The highest BCUT2D eigenvalue weighted by molar-refractivity contribution is 5.95. The minimum atomic E-state index is -0.906. The average molecular weight is 245 g/mol. The van der Waals surface area contributed by atoms with E-state index in [-0.39, 0.29) is 6.04 Å². The highest BCUT2D eigenvalue weighted by Crippen LogP contribution is 2.28. The maximum Gasteiger partial charge on any atom is 0.355 e. The predicted molar refractivity (Wildman–Crippen MR) is 69.2 cm³/mol. The summed E-state index contributed by atoms with van der Waals surface area (Å²) in [5.41, 5.74) is 7.87. The molecular formula is C13H15N3O2. The van der Waals surface area contributed by atoms with Gasteiger partial charge in [-0.3, -0.25) is 0 Å². The molecule has 1 fully saturated rings. The number of aromatic carboxylic acids is 1. The maximum atomic E-state index is 11.5. The summed E-state index contributed by atoms with van der Waals surface area (Å²) in [5, 5.41) is 9.40. The maximum absolute atomic E-state index is 11.5. The number of hydrogen-bond donors (Lipinski definition) is 2. The molecule has 5 nitrogen and oxygen atoms in total. The number of nitrogens with two attached hydrogens (primary N) is 1. The summed E-state index contributed by atoms with van der Waals surface area (Å²) < 4.78 is 1.71. The van der Waals surface area contributed by atoms with Crippen LogP contribution >= 0.6 is 0 Å². The lowest BCUT2D eigenvalue weighted by atomic mass is 10.3. The number of nitrogens with zero attached hydrogens (tertiary/aromatic N) is 2. The fourth-order valence-corrected chi connectivity index (χ4v) is 2.57. The van der Waals surface area contributed by atoms with Crippen LogP contribution in [0.5, 0.6) is 0 Å². The zero-order valence-electron chi connectivity index (χ0n) is 9.91. The number of hydrogen-bond acceptors (Lipinski definition) is 3. The van der Waals surface area contributed by atoms with Crippen molar-refractivity contribution >= 4 is 17.2 Å². The van der Waals surface area contributed by atoms with Crippen LogP contribution in [0.4, 0.5) is 5.69 Å². The number of fused-ring (bicyclic) bond motifs is 1. The topological polar surface area (TPSA) is 71.0 Å². The van der Waals surface area contributed by atoms with E-state index in [0.29, 0.717) is 5.69 Å². The van der Waals surface area contributed by atoms with Gasteiger partial charge in [0, 0.05) is 30.8 Å². The van der Waals surface area contributed by atoms with Crippen molar-refractivity contribution in [1.82, 2.24) is 4.40 Å². The van der Waals surface area contributed by atoms with Crippen LogP contribution in [0.1, 0.15) is 16.9 Å². The lowest BCUT2D eigenvalue weighted by Crippen LogP contribution is -2.27. The Hall–Kier alpha value is -2.01. The van der Waals surface area contributed by atoms with Crippen molar-refractivity contribution in [2.75, 3.05) is 18.0 Å². The molecule has 1 aliphatic rings. The zero-order chi connectivity index (χ0) is 12.7. The van der Waals surface area contributed by atoms with E-state index in [0.717, 1.165) is 30.7 Å². The van der Waals surface area contributed by atoms with E-state index in [2.05, 4.69) is 4.90 Å². The van der Waals surface area contributed by atoms with E-state index in [1.54, 1.807) is 10.6 Å². The Morgan fingerprint density at radius 3 is 2.94 bits per heavy atom. The molecule has 1 aliphatic heterocycles.